The van der Waals surface area contributed by atoms with Gasteiger partial charge in [-0.25, -0.2) is 0 Å². The lowest BCUT2D eigenvalue weighted by molar-refractivity contribution is -0.133. The Morgan fingerprint density at radius 1 is 1.13 bits per heavy atom. The molecule has 5 nitrogen and oxygen atoms in total. The van der Waals surface area contributed by atoms with E-state index in [1.165, 1.54) is 35.2 Å². The van der Waals surface area contributed by atoms with Gasteiger partial charge in [-0.1, -0.05) is 30.3 Å². The summed E-state index contributed by atoms with van der Waals surface area (Å²) in [5.41, 5.74) is 0.514. The van der Waals surface area contributed by atoms with E-state index >= 15 is 0 Å². The Bertz CT molecular complexity index is 1020. The van der Waals surface area contributed by atoms with Crippen molar-refractivity contribution in [3.8, 4) is 11.1 Å². The molecule has 0 bridgehead atoms. The van der Waals surface area contributed by atoms with Crippen molar-refractivity contribution < 1.29 is 27.6 Å². The standard InChI is InChI=1S/C22H19F3N2O3/c23-9-13-7-15(12-28)27(11-13)20(29)10-26-21(30)14-5-6-19-17(8-14)16-3-1-2-4-18(16)22(19,24)25/h1-6,8,12-13,15H,7,9-11H2,(H,26,30). The molecule has 2 amide bonds. The van der Waals surface area contributed by atoms with Crippen LogP contribution in [0.25, 0.3) is 11.1 Å². The molecule has 0 aromatic heterocycles. The second kappa shape index (κ2) is 7.59. The third-order valence-electron chi connectivity index (χ3n) is 5.70. The molecule has 2 aromatic carbocycles. The highest BCUT2D eigenvalue weighted by atomic mass is 19.3. The molecule has 2 aliphatic rings. The van der Waals surface area contributed by atoms with Gasteiger partial charge in [0.15, 0.2) is 0 Å². The van der Waals surface area contributed by atoms with E-state index in [-0.39, 0.29) is 41.8 Å². The number of alkyl halides is 3. The summed E-state index contributed by atoms with van der Waals surface area (Å²) in [7, 11) is 0. The first kappa shape index (κ1) is 20.1. The zero-order valence-electron chi connectivity index (χ0n) is 15.9. The first-order chi connectivity index (χ1) is 14.4. The van der Waals surface area contributed by atoms with Crippen LogP contribution in [0, 0.1) is 5.92 Å². The molecule has 156 valence electrons. The Labute approximate surface area is 170 Å². The molecule has 0 spiro atoms. The number of hydrogen-bond acceptors (Lipinski definition) is 3. The van der Waals surface area contributed by atoms with E-state index in [9.17, 15) is 27.6 Å². The zero-order chi connectivity index (χ0) is 21.5. The van der Waals surface area contributed by atoms with Crippen LogP contribution in [0.3, 0.4) is 0 Å². The Kier molecular flexibility index (Phi) is 5.09. The highest BCUT2D eigenvalue weighted by molar-refractivity contribution is 5.98. The summed E-state index contributed by atoms with van der Waals surface area (Å²) in [4.78, 5) is 37.3. The molecule has 2 aromatic rings. The molecule has 8 heteroatoms. The average molecular weight is 416 g/mol. The molecule has 0 saturated carbocycles. The van der Waals surface area contributed by atoms with Gasteiger partial charge in [0.2, 0.25) is 5.91 Å². The third-order valence-corrected chi connectivity index (χ3v) is 5.70. The van der Waals surface area contributed by atoms with E-state index in [1.54, 1.807) is 12.1 Å². The lowest BCUT2D eigenvalue weighted by Gasteiger charge is -2.20. The number of carbonyl (C=O) groups is 3. The van der Waals surface area contributed by atoms with E-state index < -0.39 is 36.4 Å². The summed E-state index contributed by atoms with van der Waals surface area (Å²) in [6.07, 6.45) is 0.867. The quantitative estimate of drug-likeness (QED) is 0.763. The SMILES string of the molecule is O=CC1CC(CF)CN1C(=O)CNC(=O)c1ccc2c(c1)-c1ccccc1C2(F)F. The maximum atomic E-state index is 14.6. The van der Waals surface area contributed by atoms with Crippen molar-refractivity contribution in [2.75, 3.05) is 19.8 Å². The van der Waals surface area contributed by atoms with Crippen molar-refractivity contribution in [2.24, 2.45) is 5.92 Å². The number of nitrogens with one attached hydrogen (secondary N) is 1. The van der Waals surface area contributed by atoms with Gasteiger partial charge in [-0.15, -0.1) is 0 Å². The van der Waals surface area contributed by atoms with Crippen molar-refractivity contribution >= 4 is 18.1 Å². The molecule has 0 radical (unpaired) electrons. The lowest BCUT2D eigenvalue weighted by atomic mass is 10.0. The van der Waals surface area contributed by atoms with Gasteiger partial charge in [0.05, 0.1) is 19.3 Å². The van der Waals surface area contributed by atoms with Gasteiger partial charge in [0.1, 0.15) is 6.29 Å². The fourth-order valence-electron chi connectivity index (χ4n) is 4.16. The average Bonchev–Trinajstić information content (AvgIpc) is 3.29. The van der Waals surface area contributed by atoms with Crippen LogP contribution in [0.4, 0.5) is 13.2 Å². The normalized spacial score (nSPS) is 21.1. The minimum atomic E-state index is -3.14. The minimum Gasteiger partial charge on any atom is -0.343 e. The number of nitrogens with zero attached hydrogens (tertiary/aromatic N) is 1. The number of halogens is 3. The molecule has 1 N–H and O–H groups in total. The maximum absolute atomic E-state index is 14.6. The lowest BCUT2D eigenvalue weighted by Crippen LogP contribution is -2.43. The van der Waals surface area contributed by atoms with Crippen LogP contribution in [0.15, 0.2) is 42.5 Å². The number of amides is 2. The van der Waals surface area contributed by atoms with Gasteiger partial charge < -0.3 is 15.0 Å². The molecule has 1 aliphatic carbocycles. The van der Waals surface area contributed by atoms with Crippen molar-refractivity contribution in [2.45, 2.75) is 18.4 Å². The Morgan fingerprint density at radius 3 is 2.60 bits per heavy atom. The number of aldehydes is 1. The highest BCUT2D eigenvalue weighted by Crippen LogP contribution is 2.50. The molecule has 1 fully saturated rings. The topological polar surface area (TPSA) is 66.5 Å². The smallest absolute Gasteiger partial charge is 0.299 e. The van der Waals surface area contributed by atoms with Crippen LogP contribution in [-0.4, -0.2) is 48.8 Å². The Balaban J connectivity index is 1.48. The van der Waals surface area contributed by atoms with Crippen LogP contribution in [0.5, 0.6) is 0 Å². The number of hydrogen-bond donors (Lipinski definition) is 1. The van der Waals surface area contributed by atoms with Crippen LogP contribution < -0.4 is 5.32 Å². The summed E-state index contributed by atoms with van der Waals surface area (Å²) in [5, 5.41) is 2.46. The van der Waals surface area contributed by atoms with Gasteiger partial charge in [-0.3, -0.25) is 14.0 Å². The zero-order valence-corrected chi connectivity index (χ0v) is 15.9. The first-order valence-corrected chi connectivity index (χ1v) is 9.58. The summed E-state index contributed by atoms with van der Waals surface area (Å²) in [6, 6.07) is 9.33. The fourth-order valence-corrected chi connectivity index (χ4v) is 4.16. The number of carbonyl (C=O) groups excluding carboxylic acids is 3. The molecule has 2 atom stereocenters. The van der Waals surface area contributed by atoms with E-state index in [4.69, 9.17) is 0 Å². The molecule has 1 aliphatic heterocycles. The molecular formula is C22H19F3N2O3. The molecular weight excluding hydrogens is 397 g/mol. The summed E-state index contributed by atoms with van der Waals surface area (Å²) in [6.45, 7) is -0.868. The molecule has 2 unspecified atom stereocenters. The number of benzene rings is 2. The molecule has 1 heterocycles. The van der Waals surface area contributed by atoms with Crippen molar-refractivity contribution in [3.63, 3.8) is 0 Å². The van der Waals surface area contributed by atoms with Gasteiger partial charge in [-0.2, -0.15) is 8.78 Å². The largest absolute Gasteiger partial charge is 0.343 e. The predicted molar refractivity (Wildman–Crippen MR) is 103 cm³/mol. The summed E-state index contributed by atoms with van der Waals surface area (Å²) >= 11 is 0. The van der Waals surface area contributed by atoms with Crippen LogP contribution in [-0.2, 0) is 15.5 Å². The van der Waals surface area contributed by atoms with E-state index in [1.807, 2.05) is 0 Å². The second-order valence-electron chi connectivity index (χ2n) is 7.57. The predicted octanol–water partition coefficient (Wildman–Crippen LogP) is 2.92. The third kappa shape index (κ3) is 3.26. The molecule has 1 saturated heterocycles. The van der Waals surface area contributed by atoms with Crippen molar-refractivity contribution in [1.82, 2.24) is 10.2 Å². The fraction of sp³-hybridized carbons (Fsp3) is 0.318. The maximum Gasteiger partial charge on any atom is 0.299 e. The summed E-state index contributed by atoms with van der Waals surface area (Å²) in [5.74, 6) is -4.61. The van der Waals surface area contributed by atoms with E-state index in [2.05, 4.69) is 5.32 Å². The van der Waals surface area contributed by atoms with E-state index in [0.29, 0.717) is 11.8 Å². The second-order valence-corrected chi connectivity index (χ2v) is 7.57. The Hall–Kier alpha value is -3.16. The van der Waals surface area contributed by atoms with Gasteiger partial charge in [0.25, 0.3) is 11.8 Å². The summed E-state index contributed by atoms with van der Waals surface area (Å²) < 4.78 is 42.1. The van der Waals surface area contributed by atoms with Gasteiger partial charge in [-0.05, 0) is 29.7 Å². The van der Waals surface area contributed by atoms with Crippen LogP contribution >= 0.6 is 0 Å². The number of fused-ring (bicyclic) bond motifs is 3. The van der Waals surface area contributed by atoms with Crippen LogP contribution in [0.1, 0.15) is 27.9 Å². The number of likely N-dealkylation sites (tertiary alicyclic amines) is 1. The van der Waals surface area contributed by atoms with Gasteiger partial charge >= 0.3 is 0 Å². The van der Waals surface area contributed by atoms with Gasteiger partial charge in [0, 0.05) is 29.2 Å². The van der Waals surface area contributed by atoms with Crippen molar-refractivity contribution in [1.29, 1.82) is 0 Å². The molecule has 4 rings (SSSR count). The number of rotatable bonds is 5. The van der Waals surface area contributed by atoms with Crippen molar-refractivity contribution in [3.05, 3.63) is 59.2 Å². The minimum absolute atomic E-state index is 0.107. The van der Waals surface area contributed by atoms with E-state index in [0.717, 1.165) is 0 Å². The highest BCUT2D eigenvalue weighted by Gasteiger charge is 2.44. The first-order valence-electron chi connectivity index (χ1n) is 9.58. The molecule has 30 heavy (non-hydrogen) atoms. The monoisotopic (exact) mass is 416 g/mol. The van der Waals surface area contributed by atoms with Crippen LogP contribution in [0.2, 0.25) is 0 Å². The Morgan fingerprint density at radius 2 is 1.87 bits per heavy atom.